The molecule has 3 N–H and O–H groups in total. The van der Waals surface area contributed by atoms with Crippen LogP contribution in [0.1, 0.15) is 24.2 Å². The predicted octanol–water partition coefficient (Wildman–Crippen LogP) is 2.50. The lowest BCUT2D eigenvalue weighted by Crippen LogP contribution is -2.13. The zero-order chi connectivity index (χ0) is 14.5. The van der Waals surface area contributed by atoms with E-state index in [4.69, 9.17) is 5.73 Å². The maximum atomic E-state index is 11.8. The van der Waals surface area contributed by atoms with Gasteiger partial charge in [-0.15, -0.1) is 0 Å². The number of amides is 1. The average molecular weight is 272 g/mol. The molecule has 106 valence electrons. The molecule has 2 rings (SSSR count). The monoisotopic (exact) mass is 272 g/mol. The Bertz CT molecular complexity index is 586. The van der Waals surface area contributed by atoms with E-state index in [0.717, 1.165) is 30.0 Å². The third-order valence-electron chi connectivity index (χ3n) is 3.07. The molecule has 1 aromatic heterocycles. The first-order chi connectivity index (χ1) is 9.54. The summed E-state index contributed by atoms with van der Waals surface area (Å²) in [4.78, 5) is 11.8. The van der Waals surface area contributed by atoms with Gasteiger partial charge >= 0.3 is 0 Å². The number of hydrogen-bond donors (Lipinski definition) is 2. The summed E-state index contributed by atoms with van der Waals surface area (Å²) >= 11 is 0. The number of benzene rings is 1. The smallest absolute Gasteiger partial charge is 0.224 e. The third-order valence-corrected chi connectivity index (χ3v) is 3.07. The van der Waals surface area contributed by atoms with Crippen molar-refractivity contribution < 1.29 is 4.79 Å². The highest BCUT2D eigenvalue weighted by Gasteiger charge is 2.04. The van der Waals surface area contributed by atoms with Crippen molar-refractivity contribution in [2.24, 2.45) is 0 Å². The van der Waals surface area contributed by atoms with Gasteiger partial charge in [-0.2, -0.15) is 5.10 Å². The maximum Gasteiger partial charge on any atom is 0.224 e. The Balaban J connectivity index is 1.78. The molecule has 1 aromatic carbocycles. The fourth-order valence-corrected chi connectivity index (χ4v) is 2.08. The van der Waals surface area contributed by atoms with Gasteiger partial charge in [0.25, 0.3) is 0 Å². The molecule has 0 bridgehead atoms. The van der Waals surface area contributed by atoms with Crippen LogP contribution in [0.15, 0.2) is 30.3 Å². The molecular formula is C15H20N4O. The van der Waals surface area contributed by atoms with Crippen molar-refractivity contribution in [2.75, 3.05) is 11.1 Å². The van der Waals surface area contributed by atoms with Gasteiger partial charge in [0.1, 0.15) is 0 Å². The number of rotatable bonds is 5. The predicted molar refractivity (Wildman–Crippen MR) is 80.4 cm³/mol. The van der Waals surface area contributed by atoms with Crippen molar-refractivity contribution in [1.29, 1.82) is 0 Å². The van der Waals surface area contributed by atoms with Crippen LogP contribution in [0.5, 0.6) is 0 Å². The number of nitrogens with one attached hydrogen (secondary N) is 1. The van der Waals surface area contributed by atoms with E-state index in [1.165, 1.54) is 0 Å². The van der Waals surface area contributed by atoms with E-state index in [1.807, 2.05) is 24.6 Å². The van der Waals surface area contributed by atoms with Gasteiger partial charge in [0.2, 0.25) is 5.91 Å². The molecule has 0 radical (unpaired) electrons. The van der Waals surface area contributed by atoms with Crippen LogP contribution in [0.25, 0.3) is 0 Å². The van der Waals surface area contributed by atoms with Crippen LogP contribution < -0.4 is 11.1 Å². The number of nitrogen functional groups attached to an aromatic ring is 1. The van der Waals surface area contributed by atoms with E-state index < -0.39 is 0 Å². The summed E-state index contributed by atoms with van der Waals surface area (Å²) in [7, 11) is 0. The van der Waals surface area contributed by atoms with Gasteiger partial charge in [-0.1, -0.05) is 0 Å². The Labute approximate surface area is 118 Å². The number of nitrogens with zero attached hydrogens (tertiary/aromatic N) is 2. The van der Waals surface area contributed by atoms with E-state index in [0.29, 0.717) is 12.1 Å². The summed E-state index contributed by atoms with van der Waals surface area (Å²) in [6, 6.07) is 9.17. The quantitative estimate of drug-likeness (QED) is 0.821. The number of carbonyl (C=O) groups excluding carboxylic acids is 1. The maximum absolute atomic E-state index is 11.8. The molecule has 2 aromatic rings. The van der Waals surface area contributed by atoms with Gasteiger partial charge in [0.05, 0.1) is 5.69 Å². The molecule has 1 heterocycles. The van der Waals surface area contributed by atoms with Gasteiger partial charge in [0.15, 0.2) is 0 Å². The Kier molecular flexibility index (Phi) is 4.40. The van der Waals surface area contributed by atoms with Gasteiger partial charge in [-0.3, -0.25) is 9.48 Å². The van der Waals surface area contributed by atoms with Crippen LogP contribution >= 0.6 is 0 Å². The largest absolute Gasteiger partial charge is 0.399 e. The fourth-order valence-electron chi connectivity index (χ4n) is 2.08. The van der Waals surface area contributed by atoms with E-state index in [1.54, 1.807) is 24.3 Å². The lowest BCUT2D eigenvalue weighted by molar-refractivity contribution is -0.116. The number of nitrogens with two attached hydrogens (primary N) is 1. The van der Waals surface area contributed by atoms with Crippen molar-refractivity contribution in [3.05, 3.63) is 41.7 Å². The van der Waals surface area contributed by atoms with Crippen LogP contribution in [0.2, 0.25) is 0 Å². The van der Waals surface area contributed by atoms with Crippen LogP contribution in [0.4, 0.5) is 11.4 Å². The van der Waals surface area contributed by atoms with Gasteiger partial charge < -0.3 is 11.1 Å². The summed E-state index contributed by atoms with van der Waals surface area (Å²) < 4.78 is 1.94. The molecule has 0 aliphatic heterocycles. The third kappa shape index (κ3) is 3.85. The molecule has 0 aliphatic rings. The number of hydrogen-bond acceptors (Lipinski definition) is 3. The Hall–Kier alpha value is -2.30. The molecule has 0 saturated carbocycles. The van der Waals surface area contributed by atoms with E-state index in [9.17, 15) is 4.79 Å². The first-order valence-electron chi connectivity index (χ1n) is 6.71. The number of anilines is 2. The highest BCUT2D eigenvalue weighted by molar-refractivity contribution is 5.90. The first kappa shape index (κ1) is 14.1. The van der Waals surface area contributed by atoms with Crippen LogP contribution in [-0.4, -0.2) is 15.7 Å². The Morgan fingerprint density at radius 2 is 2.00 bits per heavy atom. The van der Waals surface area contributed by atoms with Crippen LogP contribution in [0, 0.1) is 13.8 Å². The number of aromatic nitrogens is 2. The molecule has 0 saturated heterocycles. The summed E-state index contributed by atoms with van der Waals surface area (Å²) in [5, 5.41) is 7.22. The molecule has 0 spiro atoms. The second-order valence-electron chi connectivity index (χ2n) is 4.92. The Morgan fingerprint density at radius 3 is 2.60 bits per heavy atom. The number of aryl methyl sites for hydroxylation is 3. The second kappa shape index (κ2) is 6.23. The minimum Gasteiger partial charge on any atom is -0.399 e. The summed E-state index contributed by atoms with van der Waals surface area (Å²) in [6.45, 7) is 4.75. The molecule has 5 heteroatoms. The second-order valence-corrected chi connectivity index (χ2v) is 4.92. The molecule has 0 fully saturated rings. The number of carbonyl (C=O) groups is 1. The molecule has 20 heavy (non-hydrogen) atoms. The van der Waals surface area contributed by atoms with E-state index >= 15 is 0 Å². The molecular weight excluding hydrogens is 252 g/mol. The van der Waals surface area contributed by atoms with Crippen molar-refractivity contribution in [2.45, 2.75) is 33.2 Å². The SMILES string of the molecule is Cc1cc(C)n(CCCC(=O)Nc2ccc(N)cc2)n1. The molecule has 5 nitrogen and oxygen atoms in total. The highest BCUT2D eigenvalue weighted by atomic mass is 16.1. The lowest BCUT2D eigenvalue weighted by atomic mass is 10.2. The average Bonchev–Trinajstić information content (AvgIpc) is 2.71. The van der Waals surface area contributed by atoms with E-state index in [-0.39, 0.29) is 5.91 Å². The van der Waals surface area contributed by atoms with Gasteiger partial charge in [-0.25, -0.2) is 0 Å². The molecule has 0 unspecified atom stereocenters. The van der Waals surface area contributed by atoms with E-state index in [2.05, 4.69) is 10.4 Å². The fraction of sp³-hybridized carbons (Fsp3) is 0.333. The minimum atomic E-state index is 0.0105. The topological polar surface area (TPSA) is 72.9 Å². The minimum absolute atomic E-state index is 0.0105. The zero-order valence-corrected chi connectivity index (χ0v) is 11.9. The highest BCUT2D eigenvalue weighted by Crippen LogP contribution is 2.11. The van der Waals surface area contributed by atoms with Crippen molar-refractivity contribution >= 4 is 17.3 Å². The first-order valence-corrected chi connectivity index (χ1v) is 6.71. The van der Waals surface area contributed by atoms with Crippen LogP contribution in [0.3, 0.4) is 0 Å². The molecule has 0 atom stereocenters. The van der Waals surface area contributed by atoms with Crippen molar-refractivity contribution in [3.63, 3.8) is 0 Å². The van der Waals surface area contributed by atoms with Crippen LogP contribution in [-0.2, 0) is 11.3 Å². The summed E-state index contributed by atoms with van der Waals surface area (Å²) in [5.41, 5.74) is 9.19. The van der Waals surface area contributed by atoms with Gasteiger partial charge in [-0.05, 0) is 50.6 Å². The zero-order valence-electron chi connectivity index (χ0n) is 11.9. The normalized spacial score (nSPS) is 10.5. The Morgan fingerprint density at radius 1 is 1.30 bits per heavy atom. The standard InChI is InChI=1S/C15H20N4O/c1-11-10-12(2)19(18-11)9-3-4-15(20)17-14-7-5-13(16)6-8-14/h5-8,10H,3-4,9,16H2,1-2H3,(H,17,20). The molecule has 1 amide bonds. The summed E-state index contributed by atoms with van der Waals surface area (Å²) in [5.74, 6) is 0.0105. The van der Waals surface area contributed by atoms with Crippen molar-refractivity contribution in [3.8, 4) is 0 Å². The lowest BCUT2D eigenvalue weighted by Gasteiger charge is -2.06. The molecule has 0 aliphatic carbocycles. The van der Waals surface area contributed by atoms with Gasteiger partial charge in [0, 0.05) is 30.0 Å². The summed E-state index contributed by atoms with van der Waals surface area (Å²) in [6.07, 6.45) is 1.24. The van der Waals surface area contributed by atoms with Crippen molar-refractivity contribution in [1.82, 2.24) is 9.78 Å².